The van der Waals surface area contributed by atoms with E-state index < -0.39 is 5.60 Å². The summed E-state index contributed by atoms with van der Waals surface area (Å²) in [5.74, 6) is -0.162. The molecule has 1 fully saturated rings. The highest BCUT2D eigenvalue weighted by molar-refractivity contribution is 5.95. The quantitative estimate of drug-likeness (QED) is 0.230. The summed E-state index contributed by atoms with van der Waals surface area (Å²) in [6.07, 6.45) is 9.68. The molecular weight excluding hydrogens is 529 g/mol. The Labute approximate surface area is 245 Å². The number of rotatable bonds is 6. The highest BCUT2D eigenvalue weighted by Crippen LogP contribution is 2.34. The van der Waals surface area contributed by atoms with E-state index in [1.54, 1.807) is 17.2 Å². The Hall–Kier alpha value is -4.46. The van der Waals surface area contributed by atoms with Gasteiger partial charge in [-0.15, -0.1) is 0 Å². The number of nitrogens with one attached hydrogen (secondary N) is 1. The number of likely N-dealkylation sites (tertiary alicyclic amines) is 1. The average Bonchev–Trinajstić information content (AvgIpc) is 3.62. The first kappa shape index (κ1) is 27.7. The van der Waals surface area contributed by atoms with Crippen LogP contribution in [0.3, 0.4) is 0 Å². The number of H-pyrrole nitrogens is 1. The van der Waals surface area contributed by atoms with Crippen LogP contribution in [0.4, 0.5) is 9.18 Å². The van der Waals surface area contributed by atoms with Crippen molar-refractivity contribution in [2.45, 2.75) is 58.1 Å². The van der Waals surface area contributed by atoms with Gasteiger partial charge in [0.15, 0.2) is 0 Å². The molecule has 1 saturated heterocycles. The number of aromatic nitrogens is 4. The molecule has 5 aromatic rings. The van der Waals surface area contributed by atoms with E-state index in [4.69, 9.17) is 4.74 Å². The van der Waals surface area contributed by atoms with Gasteiger partial charge in [0.25, 0.3) is 0 Å². The van der Waals surface area contributed by atoms with Gasteiger partial charge in [-0.1, -0.05) is 42.5 Å². The summed E-state index contributed by atoms with van der Waals surface area (Å²) in [6, 6.07) is 17.9. The van der Waals surface area contributed by atoms with Crippen molar-refractivity contribution in [3.05, 3.63) is 96.3 Å². The number of ether oxygens (including phenoxy) is 1. The first-order valence-corrected chi connectivity index (χ1v) is 14.6. The van der Waals surface area contributed by atoms with Crippen molar-refractivity contribution in [2.24, 2.45) is 0 Å². The van der Waals surface area contributed by atoms with Crippen LogP contribution in [0.2, 0.25) is 0 Å². The second-order valence-electron chi connectivity index (χ2n) is 12.0. The van der Waals surface area contributed by atoms with E-state index in [-0.39, 0.29) is 17.8 Å². The number of halogens is 1. The minimum atomic E-state index is -0.528. The van der Waals surface area contributed by atoms with Crippen LogP contribution in [0, 0.1) is 5.82 Å². The number of piperidine rings is 1. The number of carbonyl (C=O) groups is 1. The van der Waals surface area contributed by atoms with Gasteiger partial charge in [-0.05, 0) is 74.8 Å². The highest BCUT2D eigenvalue weighted by Gasteiger charge is 2.28. The Balaban J connectivity index is 1.16. The number of aromatic amines is 1. The number of carbonyl (C=O) groups excluding carboxylic acids is 1. The molecule has 0 spiro atoms. The van der Waals surface area contributed by atoms with Crippen LogP contribution in [-0.4, -0.2) is 49.4 Å². The summed E-state index contributed by atoms with van der Waals surface area (Å²) in [7, 11) is 0. The number of hydrogen-bond acceptors (Lipinski definition) is 4. The van der Waals surface area contributed by atoms with Gasteiger partial charge in [-0.2, -0.15) is 5.10 Å². The molecule has 42 heavy (non-hydrogen) atoms. The zero-order chi connectivity index (χ0) is 29.3. The molecule has 7 nitrogen and oxygen atoms in total. The fourth-order valence-corrected chi connectivity index (χ4v) is 5.65. The van der Waals surface area contributed by atoms with Crippen molar-refractivity contribution >= 4 is 17.1 Å². The second kappa shape index (κ2) is 11.4. The number of fused-ring (bicyclic) bond motifs is 1. The standard InChI is InChI=1S/C34H36FN5O2/c1-34(2,3)42-33(41)39-14-12-24(13-15-39)28-10-9-25(18-31(28)35)26-17-29-30(21-37-32(29)36-19-26)27-20-38-40(22-27)16-11-23-7-5-4-6-8-23/h4-10,17-22,24H,11-16H2,1-3H3,(H,36,37). The van der Waals surface area contributed by atoms with E-state index in [0.29, 0.717) is 31.5 Å². The number of hydrogen-bond donors (Lipinski definition) is 1. The fourth-order valence-electron chi connectivity index (χ4n) is 5.65. The van der Waals surface area contributed by atoms with Crippen molar-refractivity contribution in [2.75, 3.05) is 13.1 Å². The molecule has 3 aromatic heterocycles. The summed E-state index contributed by atoms with van der Waals surface area (Å²) in [4.78, 5) is 22.0. The normalized spacial score (nSPS) is 14.4. The predicted molar refractivity (Wildman–Crippen MR) is 163 cm³/mol. The monoisotopic (exact) mass is 565 g/mol. The van der Waals surface area contributed by atoms with Crippen molar-refractivity contribution < 1.29 is 13.9 Å². The largest absolute Gasteiger partial charge is 0.444 e. The van der Waals surface area contributed by atoms with Gasteiger partial charge in [0.1, 0.15) is 17.1 Å². The molecule has 1 aliphatic rings. The Kier molecular flexibility index (Phi) is 7.54. The Morgan fingerprint density at radius 2 is 1.81 bits per heavy atom. The third-order valence-corrected chi connectivity index (χ3v) is 7.87. The van der Waals surface area contributed by atoms with Gasteiger partial charge in [0, 0.05) is 60.3 Å². The van der Waals surface area contributed by atoms with E-state index >= 15 is 4.39 Å². The van der Waals surface area contributed by atoms with Crippen LogP contribution in [0.5, 0.6) is 0 Å². The topological polar surface area (TPSA) is 76.0 Å². The minimum absolute atomic E-state index is 0.0630. The molecule has 216 valence electrons. The first-order valence-electron chi connectivity index (χ1n) is 14.6. The van der Waals surface area contributed by atoms with E-state index in [1.807, 2.05) is 56.0 Å². The molecule has 4 heterocycles. The molecule has 8 heteroatoms. The van der Waals surface area contributed by atoms with Crippen LogP contribution < -0.4 is 0 Å². The van der Waals surface area contributed by atoms with Gasteiger partial charge in [0.05, 0.1) is 6.20 Å². The molecule has 0 radical (unpaired) electrons. The summed E-state index contributed by atoms with van der Waals surface area (Å²) in [6.45, 7) is 7.49. The van der Waals surface area contributed by atoms with E-state index in [0.717, 1.165) is 46.3 Å². The lowest BCUT2D eigenvalue weighted by Crippen LogP contribution is -2.41. The molecule has 1 aliphatic heterocycles. The van der Waals surface area contributed by atoms with Gasteiger partial charge in [-0.3, -0.25) is 4.68 Å². The molecule has 0 aliphatic carbocycles. The first-order chi connectivity index (χ1) is 20.2. The SMILES string of the molecule is CC(C)(C)OC(=O)N1CCC(c2ccc(-c3cnc4[nH]cc(-c5cnn(CCc6ccccc6)c5)c4c3)cc2F)CC1. The molecule has 0 bridgehead atoms. The third kappa shape index (κ3) is 6.08. The maximum atomic E-state index is 15.5. The number of aryl methyl sites for hydroxylation is 2. The Morgan fingerprint density at radius 3 is 2.55 bits per heavy atom. The average molecular weight is 566 g/mol. The van der Waals surface area contributed by atoms with Crippen molar-refractivity contribution in [1.29, 1.82) is 0 Å². The lowest BCUT2D eigenvalue weighted by molar-refractivity contribution is 0.0204. The lowest BCUT2D eigenvalue weighted by Gasteiger charge is -2.33. The Bertz CT molecular complexity index is 1690. The minimum Gasteiger partial charge on any atom is -0.444 e. The van der Waals surface area contributed by atoms with Crippen molar-refractivity contribution in [1.82, 2.24) is 24.6 Å². The fraction of sp³-hybridized carbons (Fsp3) is 0.324. The zero-order valence-electron chi connectivity index (χ0n) is 24.3. The summed E-state index contributed by atoms with van der Waals surface area (Å²) < 4.78 is 22.9. The molecule has 0 atom stereocenters. The highest BCUT2D eigenvalue weighted by atomic mass is 19.1. The number of benzene rings is 2. The van der Waals surface area contributed by atoms with Crippen LogP contribution >= 0.6 is 0 Å². The predicted octanol–water partition coefficient (Wildman–Crippen LogP) is 7.59. The number of amides is 1. The maximum Gasteiger partial charge on any atom is 0.410 e. The molecule has 1 N–H and O–H groups in total. The molecule has 2 aromatic carbocycles. The smallest absolute Gasteiger partial charge is 0.410 e. The van der Waals surface area contributed by atoms with Gasteiger partial charge < -0.3 is 14.6 Å². The number of pyridine rings is 1. The second-order valence-corrected chi connectivity index (χ2v) is 12.0. The summed E-state index contributed by atoms with van der Waals surface area (Å²) >= 11 is 0. The zero-order valence-corrected chi connectivity index (χ0v) is 24.3. The third-order valence-electron chi connectivity index (χ3n) is 7.87. The molecule has 1 amide bonds. The van der Waals surface area contributed by atoms with Crippen LogP contribution in [-0.2, 0) is 17.7 Å². The maximum absolute atomic E-state index is 15.5. The van der Waals surface area contributed by atoms with Crippen LogP contribution in [0.25, 0.3) is 33.3 Å². The summed E-state index contributed by atoms with van der Waals surface area (Å²) in [5, 5.41) is 5.54. The van der Waals surface area contributed by atoms with Gasteiger partial charge in [0.2, 0.25) is 0 Å². The Morgan fingerprint density at radius 1 is 1.02 bits per heavy atom. The van der Waals surface area contributed by atoms with E-state index in [2.05, 4.69) is 51.6 Å². The number of nitrogens with zero attached hydrogens (tertiary/aromatic N) is 4. The van der Waals surface area contributed by atoms with Gasteiger partial charge in [-0.25, -0.2) is 14.2 Å². The molecule has 0 saturated carbocycles. The molecule has 0 unspecified atom stereocenters. The lowest BCUT2D eigenvalue weighted by atomic mass is 9.88. The molecule has 6 rings (SSSR count). The van der Waals surface area contributed by atoms with Crippen molar-refractivity contribution in [3.8, 4) is 22.3 Å². The molecular formula is C34H36FN5O2. The summed E-state index contributed by atoms with van der Waals surface area (Å²) in [5.41, 5.74) is 5.88. The van der Waals surface area contributed by atoms with E-state index in [9.17, 15) is 4.79 Å². The van der Waals surface area contributed by atoms with Crippen LogP contribution in [0.15, 0.2) is 79.4 Å². The van der Waals surface area contributed by atoms with Crippen molar-refractivity contribution in [3.63, 3.8) is 0 Å². The van der Waals surface area contributed by atoms with Crippen LogP contribution in [0.1, 0.15) is 50.7 Å². The van der Waals surface area contributed by atoms with Gasteiger partial charge >= 0.3 is 6.09 Å². The van der Waals surface area contributed by atoms with E-state index in [1.165, 1.54) is 5.56 Å².